The molecule has 0 spiro atoms. The van der Waals surface area contributed by atoms with E-state index in [1.54, 1.807) is 6.08 Å². The maximum atomic E-state index is 12.6. The second-order valence-corrected chi connectivity index (χ2v) is 8.34. The first kappa shape index (κ1) is 21.5. The van der Waals surface area contributed by atoms with E-state index in [1.165, 1.54) is 11.6 Å². The van der Waals surface area contributed by atoms with E-state index >= 15 is 0 Å². The quantitative estimate of drug-likeness (QED) is 0.286. The van der Waals surface area contributed by atoms with Crippen LogP contribution in [0.3, 0.4) is 0 Å². The highest BCUT2D eigenvalue weighted by Gasteiger charge is 2.12. The van der Waals surface area contributed by atoms with E-state index in [9.17, 15) is 4.79 Å². The summed E-state index contributed by atoms with van der Waals surface area (Å²) in [6.45, 7) is 6.05. The van der Waals surface area contributed by atoms with Crippen LogP contribution in [0.15, 0.2) is 87.7 Å². The van der Waals surface area contributed by atoms with Gasteiger partial charge in [0, 0.05) is 22.9 Å². The van der Waals surface area contributed by atoms with Gasteiger partial charge in [0.05, 0.1) is 0 Å². The molecule has 0 saturated carbocycles. The van der Waals surface area contributed by atoms with Crippen LogP contribution in [0.1, 0.15) is 22.5 Å². The van der Waals surface area contributed by atoms with E-state index < -0.39 is 0 Å². The normalized spacial score (nSPS) is 11.4. The molecule has 0 aliphatic rings. The molecule has 0 bridgehead atoms. The second-order valence-electron chi connectivity index (χ2n) is 8.34. The lowest BCUT2D eigenvalue weighted by Crippen LogP contribution is -2.09. The van der Waals surface area contributed by atoms with Gasteiger partial charge in [-0.25, -0.2) is 4.98 Å². The van der Waals surface area contributed by atoms with Crippen molar-refractivity contribution >= 4 is 28.8 Å². The van der Waals surface area contributed by atoms with Crippen LogP contribution >= 0.6 is 0 Å². The number of anilines is 1. The number of benzene rings is 3. The fourth-order valence-electron chi connectivity index (χ4n) is 3.73. The third-order valence-electron chi connectivity index (χ3n) is 5.83. The van der Waals surface area contributed by atoms with Gasteiger partial charge in [0.2, 0.25) is 11.8 Å². The predicted molar refractivity (Wildman–Crippen MR) is 135 cm³/mol. The van der Waals surface area contributed by atoms with E-state index in [1.807, 2.05) is 79.7 Å². The number of rotatable bonds is 5. The van der Waals surface area contributed by atoms with Gasteiger partial charge in [0.25, 0.3) is 0 Å². The van der Waals surface area contributed by atoms with Crippen molar-refractivity contribution in [3.05, 3.63) is 101 Å². The molecule has 34 heavy (non-hydrogen) atoms. The van der Waals surface area contributed by atoms with Crippen molar-refractivity contribution in [2.75, 3.05) is 5.32 Å². The molecule has 5 heteroatoms. The van der Waals surface area contributed by atoms with E-state index in [0.29, 0.717) is 17.3 Å². The van der Waals surface area contributed by atoms with Gasteiger partial charge in [0.15, 0.2) is 5.58 Å². The summed E-state index contributed by atoms with van der Waals surface area (Å²) < 4.78 is 11.8. The molecule has 0 aliphatic heterocycles. The fraction of sp³-hybridized carbons (Fsp3) is 0.103. The first-order valence-corrected chi connectivity index (χ1v) is 11.1. The van der Waals surface area contributed by atoms with E-state index in [-0.39, 0.29) is 5.91 Å². The SMILES string of the molecule is Cc1cc2nc(-c3ccc(C)c(NC(=O)/C=C/c4ccc(-c5ccccc5)o4)c3)oc2cc1C. The maximum Gasteiger partial charge on any atom is 0.248 e. The minimum atomic E-state index is -0.248. The molecular formula is C29H24N2O3. The van der Waals surface area contributed by atoms with Crippen LogP contribution in [0.2, 0.25) is 0 Å². The van der Waals surface area contributed by atoms with Gasteiger partial charge in [-0.05, 0) is 79.9 Å². The lowest BCUT2D eigenvalue weighted by molar-refractivity contribution is -0.111. The fourth-order valence-corrected chi connectivity index (χ4v) is 3.73. The average molecular weight is 449 g/mol. The highest BCUT2D eigenvalue weighted by atomic mass is 16.3. The molecule has 0 unspecified atom stereocenters. The molecule has 2 aromatic heterocycles. The number of hydrogen-bond donors (Lipinski definition) is 1. The summed E-state index contributed by atoms with van der Waals surface area (Å²) in [5.74, 6) is 1.64. The van der Waals surface area contributed by atoms with Gasteiger partial charge in [-0.15, -0.1) is 0 Å². The molecule has 1 N–H and O–H groups in total. The van der Waals surface area contributed by atoms with Crippen molar-refractivity contribution < 1.29 is 13.6 Å². The Labute approximate surface area is 197 Å². The number of carbonyl (C=O) groups is 1. The lowest BCUT2D eigenvalue weighted by Gasteiger charge is -2.07. The number of fused-ring (bicyclic) bond motifs is 1. The molecule has 0 saturated heterocycles. The summed E-state index contributed by atoms with van der Waals surface area (Å²) in [7, 11) is 0. The van der Waals surface area contributed by atoms with Crippen LogP contribution < -0.4 is 5.32 Å². The number of amides is 1. The minimum absolute atomic E-state index is 0.248. The van der Waals surface area contributed by atoms with E-state index in [0.717, 1.165) is 39.1 Å². The Morgan fingerprint density at radius 3 is 2.44 bits per heavy atom. The number of nitrogens with zero attached hydrogens (tertiary/aromatic N) is 1. The van der Waals surface area contributed by atoms with Crippen LogP contribution in [0.5, 0.6) is 0 Å². The lowest BCUT2D eigenvalue weighted by atomic mass is 10.1. The molecule has 2 heterocycles. The van der Waals surface area contributed by atoms with Crippen LogP contribution in [-0.2, 0) is 4.79 Å². The third kappa shape index (κ3) is 4.41. The van der Waals surface area contributed by atoms with Gasteiger partial charge in [-0.3, -0.25) is 4.79 Å². The number of furan rings is 1. The molecule has 3 aromatic carbocycles. The predicted octanol–water partition coefficient (Wildman–Crippen LogP) is 7.33. The molecule has 168 valence electrons. The highest BCUT2D eigenvalue weighted by molar-refractivity contribution is 6.02. The summed E-state index contributed by atoms with van der Waals surface area (Å²) in [5, 5.41) is 2.94. The molecule has 5 nitrogen and oxygen atoms in total. The van der Waals surface area contributed by atoms with Crippen molar-refractivity contribution in [2.24, 2.45) is 0 Å². The Bertz CT molecular complexity index is 1490. The van der Waals surface area contributed by atoms with Crippen LogP contribution in [0, 0.1) is 20.8 Å². The zero-order valence-corrected chi connectivity index (χ0v) is 19.3. The van der Waals surface area contributed by atoms with Crippen molar-refractivity contribution in [1.82, 2.24) is 4.98 Å². The highest BCUT2D eigenvalue weighted by Crippen LogP contribution is 2.29. The Kier molecular flexibility index (Phi) is 5.60. The molecule has 5 aromatic rings. The number of carbonyl (C=O) groups excluding carboxylic acids is 1. The summed E-state index contributed by atoms with van der Waals surface area (Å²) in [5.41, 5.74) is 7.33. The second kappa shape index (κ2) is 8.87. The number of aryl methyl sites for hydroxylation is 3. The summed E-state index contributed by atoms with van der Waals surface area (Å²) in [6.07, 6.45) is 3.12. The van der Waals surface area contributed by atoms with Gasteiger partial charge < -0.3 is 14.2 Å². The first-order chi connectivity index (χ1) is 16.5. The third-order valence-corrected chi connectivity index (χ3v) is 5.83. The monoisotopic (exact) mass is 448 g/mol. The summed E-state index contributed by atoms with van der Waals surface area (Å²) in [4.78, 5) is 17.2. The number of hydrogen-bond acceptors (Lipinski definition) is 4. The Balaban J connectivity index is 1.33. The van der Waals surface area contributed by atoms with E-state index in [4.69, 9.17) is 8.83 Å². The van der Waals surface area contributed by atoms with Gasteiger partial charge in [-0.1, -0.05) is 36.4 Å². The Morgan fingerprint density at radius 1 is 0.824 bits per heavy atom. The zero-order valence-electron chi connectivity index (χ0n) is 19.3. The summed E-state index contributed by atoms with van der Waals surface area (Å²) >= 11 is 0. The molecule has 0 aliphatic carbocycles. The molecule has 0 radical (unpaired) electrons. The van der Waals surface area contributed by atoms with Gasteiger partial charge in [0.1, 0.15) is 17.0 Å². The standard InChI is InChI=1S/C29H24N2O3/c1-18-9-10-22(29-31-25-15-19(2)20(3)16-27(25)34-29)17-24(18)30-28(32)14-12-23-11-13-26(33-23)21-7-5-4-6-8-21/h4-17H,1-3H3,(H,30,32)/b14-12+. The number of nitrogens with one attached hydrogen (secondary N) is 1. The van der Waals surface area contributed by atoms with Crippen LogP contribution in [0.25, 0.3) is 40.0 Å². The Morgan fingerprint density at radius 2 is 1.62 bits per heavy atom. The maximum absolute atomic E-state index is 12.6. The molecule has 0 atom stereocenters. The number of aromatic nitrogens is 1. The molecule has 5 rings (SSSR count). The van der Waals surface area contributed by atoms with Gasteiger partial charge >= 0.3 is 0 Å². The average Bonchev–Trinajstić information content (AvgIpc) is 3.47. The Hall–Kier alpha value is -4.38. The topological polar surface area (TPSA) is 68.3 Å². The van der Waals surface area contributed by atoms with Crippen LogP contribution in [-0.4, -0.2) is 10.9 Å². The van der Waals surface area contributed by atoms with Gasteiger partial charge in [-0.2, -0.15) is 0 Å². The zero-order chi connectivity index (χ0) is 23.7. The van der Waals surface area contributed by atoms with Crippen LogP contribution in [0.4, 0.5) is 5.69 Å². The molecule has 1 amide bonds. The largest absolute Gasteiger partial charge is 0.457 e. The molecule has 0 fully saturated rings. The van der Waals surface area contributed by atoms with Crippen molar-refractivity contribution in [3.63, 3.8) is 0 Å². The van der Waals surface area contributed by atoms with E-state index in [2.05, 4.69) is 24.1 Å². The van der Waals surface area contributed by atoms with Crippen molar-refractivity contribution in [2.45, 2.75) is 20.8 Å². The van der Waals surface area contributed by atoms with Crippen molar-refractivity contribution in [1.29, 1.82) is 0 Å². The minimum Gasteiger partial charge on any atom is -0.457 e. The van der Waals surface area contributed by atoms with Crippen molar-refractivity contribution in [3.8, 4) is 22.8 Å². The number of oxazole rings is 1. The smallest absolute Gasteiger partial charge is 0.248 e. The first-order valence-electron chi connectivity index (χ1n) is 11.1. The summed E-state index contributed by atoms with van der Waals surface area (Å²) in [6, 6.07) is 23.4. The molecular weight excluding hydrogens is 424 g/mol.